The maximum Gasteiger partial charge on any atom is 0.311 e. The first-order valence-electron chi connectivity index (χ1n) is 9.63. The van der Waals surface area contributed by atoms with Gasteiger partial charge in [0.05, 0.1) is 11.1 Å². The van der Waals surface area contributed by atoms with Crippen molar-refractivity contribution in [3.63, 3.8) is 0 Å². The van der Waals surface area contributed by atoms with Crippen molar-refractivity contribution in [2.45, 2.75) is 10.7 Å². The summed E-state index contributed by atoms with van der Waals surface area (Å²) in [6.07, 6.45) is 2.37. The van der Waals surface area contributed by atoms with Crippen molar-refractivity contribution in [3.05, 3.63) is 113 Å². The Bertz CT molecular complexity index is 1490. The van der Waals surface area contributed by atoms with Crippen LogP contribution in [0.3, 0.4) is 0 Å². The number of hydrogen-bond donors (Lipinski definition) is 0. The molecule has 1 aliphatic heterocycles. The van der Waals surface area contributed by atoms with Crippen molar-refractivity contribution in [1.82, 2.24) is 3.97 Å². The molecule has 5 rings (SSSR count). The van der Waals surface area contributed by atoms with E-state index in [4.69, 9.17) is 9.47 Å². The van der Waals surface area contributed by atoms with Gasteiger partial charge in [-0.05, 0) is 36.4 Å². The van der Waals surface area contributed by atoms with Gasteiger partial charge in [-0.15, -0.1) is 0 Å². The van der Waals surface area contributed by atoms with E-state index in [-0.39, 0.29) is 11.5 Å². The third-order valence-corrected chi connectivity index (χ3v) is 6.88. The molecule has 0 fully saturated rings. The lowest BCUT2D eigenvalue weighted by molar-refractivity contribution is -0.0516. The highest BCUT2D eigenvalue weighted by molar-refractivity contribution is 7.90. The van der Waals surface area contributed by atoms with Gasteiger partial charge in [-0.3, -0.25) is 0 Å². The molecule has 2 heterocycles. The largest absolute Gasteiger partial charge is 0.440 e. The summed E-state index contributed by atoms with van der Waals surface area (Å²) in [5, 5.41) is 0. The summed E-state index contributed by atoms with van der Waals surface area (Å²) < 4.78 is 109. The predicted octanol–water partition coefficient (Wildman–Crippen LogP) is 5.09. The van der Waals surface area contributed by atoms with E-state index in [0.29, 0.717) is 18.2 Å². The van der Waals surface area contributed by atoms with Crippen LogP contribution in [0.15, 0.2) is 78.0 Å². The summed E-state index contributed by atoms with van der Waals surface area (Å²) in [5.41, 5.74) is -1.02. The maximum atomic E-state index is 14.9. The zero-order valence-electron chi connectivity index (χ0n) is 16.8. The molecule has 0 spiro atoms. The minimum atomic E-state index is -4.38. The molecule has 4 aromatic rings. The molecular formula is C23H12F5NO4S. The van der Waals surface area contributed by atoms with Crippen molar-refractivity contribution in [3.8, 4) is 11.5 Å². The Morgan fingerprint density at radius 2 is 1.18 bits per heavy atom. The first kappa shape index (κ1) is 22.0. The highest BCUT2D eigenvalue weighted by Gasteiger charge is 2.50. The maximum absolute atomic E-state index is 14.9. The van der Waals surface area contributed by atoms with Crippen molar-refractivity contribution in [2.75, 3.05) is 0 Å². The minimum Gasteiger partial charge on any atom is -0.440 e. The van der Waals surface area contributed by atoms with Crippen LogP contribution in [0.5, 0.6) is 11.5 Å². The van der Waals surface area contributed by atoms with Crippen LogP contribution in [-0.4, -0.2) is 12.4 Å². The van der Waals surface area contributed by atoms with E-state index in [1.165, 1.54) is 24.5 Å². The van der Waals surface area contributed by atoms with Gasteiger partial charge in [0.2, 0.25) is 0 Å². The van der Waals surface area contributed by atoms with Gasteiger partial charge in [0, 0.05) is 36.7 Å². The summed E-state index contributed by atoms with van der Waals surface area (Å²) in [6.45, 7) is 0. The zero-order valence-corrected chi connectivity index (χ0v) is 17.6. The summed E-state index contributed by atoms with van der Waals surface area (Å²) >= 11 is 0. The Morgan fingerprint density at radius 3 is 1.68 bits per heavy atom. The van der Waals surface area contributed by atoms with E-state index in [9.17, 15) is 30.4 Å². The first-order chi connectivity index (χ1) is 16.1. The zero-order chi connectivity index (χ0) is 24.3. The predicted molar refractivity (Wildman–Crippen MR) is 108 cm³/mol. The van der Waals surface area contributed by atoms with Crippen molar-refractivity contribution < 1.29 is 39.8 Å². The molecule has 0 bridgehead atoms. The Balaban J connectivity index is 1.71. The normalized spacial score (nSPS) is 14.4. The Hall–Kier alpha value is -3.86. The van der Waals surface area contributed by atoms with Crippen LogP contribution < -0.4 is 9.47 Å². The molecule has 0 aliphatic carbocycles. The van der Waals surface area contributed by atoms with Crippen LogP contribution in [0.4, 0.5) is 22.0 Å². The highest BCUT2D eigenvalue weighted by atomic mass is 32.2. The third-order valence-electron chi connectivity index (χ3n) is 5.21. The lowest BCUT2D eigenvalue weighted by Crippen LogP contribution is -2.39. The Morgan fingerprint density at radius 1 is 0.676 bits per heavy atom. The lowest BCUT2D eigenvalue weighted by atomic mass is 9.96. The number of hydrogen-bond acceptors (Lipinski definition) is 4. The molecule has 0 atom stereocenters. The standard InChI is InChI=1S/C23H12F5NO4S/c24-13-3-5-15(17(26)9-13)23(16-6-4-14(25)10-18(16)27)32-20-11-19(28)22(12-21(20)33-23)34(30,31)29-7-1-2-8-29/h1-12H. The van der Waals surface area contributed by atoms with Gasteiger partial charge in [-0.2, -0.15) is 0 Å². The average molecular weight is 493 g/mol. The first-order valence-corrected chi connectivity index (χ1v) is 11.1. The van der Waals surface area contributed by atoms with Crippen molar-refractivity contribution in [1.29, 1.82) is 0 Å². The van der Waals surface area contributed by atoms with E-state index >= 15 is 0 Å². The minimum absolute atomic E-state index is 0.361. The number of benzene rings is 3. The molecule has 0 saturated heterocycles. The van der Waals surface area contributed by atoms with Gasteiger partial charge in [0.25, 0.3) is 10.0 Å². The molecule has 1 aromatic heterocycles. The van der Waals surface area contributed by atoms with E-state index < -0.39 is 60.9 Å². The fourth-order valence-electron chi connectivity index (χ4n) is 3.67. The van der Waals surface area contributed by atoms with Gasteiger partial charge in [-0.25, -0.2) is 34.3 Å². The van der Waals surface area contributed by atoms with Crippen LogP contribution in [0.2, 0.25) is 0 Å². The summed E-state index contributed by atoms with van der Waals surface area (Å²) in [4.78, 5) is -0.791. The molecule has 0 saturated carbocycles. The summed E-state index contributed by atoms with van der Waals surface area (Å²) in [5.74, 6) is -8.72. The third kappa shape index (κ3) is 3.31. The molecule has 0 amide bonds. The smallest absolute Gasteiger partial charge is 0.311 e. The van der Waals surface area contributed by atoms with E-state index in [1.54, 1.807) is 0 Å². The number of ether oxygens (including phenoxy) is 2. The van der Waals surface area contributed by atoms with Gasteiger partial charge in [0.15, 0.2) is 11.5 Å². The van der Waals surface area contributed by atoms with Gasteiger partial charge in [-0.1, -0.05) is 0 Å². The highest BCUT2D eigenvalue weighted by Crippen LogP contribution is 2.50. The topological polar surface area (TPSA) is 57.5 Å². The summed E-state index contributed by atoms with van der Waals surface area (Å²) in [6, 6.07) is 8.90. The van der Waals surface area contributed by atoms with Crippen LogP contribution in [0.1, 0.15) is 11.1 Å². The number of nitrogens with zero attached hydrogens (tertiary/aromatic N) is 1. The lowest BCUT2D eigenvalue weighted by Gasteiger charge is -2.29. The second-order valence-corrected chi connectivity index (χ2v) is 9.13. The molecule has 174 valence electrons. The van der Waals surface area contributed by atoms with E-state index in [1.807, 2.05) is 0 Å². The second-order valence-electron chi connectivity index (χ2n) is 7.32. The fourth-order valence-corrected chi connectivity index (χ4v) is 4.92. The van der Waals surface area contributed by atoms with Gasteiger partial charge in [0.1, 0.15) is 34.0 Å². The molecule has 3 aromatic carbocycles. The average Bonchev–Trinajstić information content (AvgIpc) is 3.42. The number of fused-ring (bicyclic) bond motifs is 1. The monoisotopic (exact) mass is 493 g/mol. The molecule has 0 unspecified atom stereocenters. The molecule has 0 N–H and O–H groups in total. The SMILES string of the molecule is O=S(=O)(c1cc2c(cc1F)OC(c1ccc(F)cc1F)(c1ccc(F)cc1F)O2)n1cccc1. The molecule has 1 aliphatic rings. The van der Waals surface area contributed by atoms with E-state index in [2.05, 4.69) is 0 Å². The second kappa shape index (κ2) is 7.59. The number of aromatic nitrogens is 1. The van der Waals surface area contributed by atoms with Crippen LogP contribution >= 0.6 is 0 Å². The van der Waals surface area contributed by atoms with Gasteiger partial charge < -0.3 is 9.47 Å². The van der Waals surface area contributed by atoms with Crippen LogP contribution in [-0.2, 0) is 15.8 Å². The van der Waals surface area contributed by atoms with E-state index in [0.717, 1.165) is 34.3 Å². The molecular weight excluding hydrogens is 481 g/mol. The molecule has 34 heavy (non-hydrogen) atoms. The van der Waals surface area contributed by atoms with Crippen molar-refractivity contribution >= 4 is 10.0 Å². The molecule has 11 heteroatoms. The van der Waals surface area contributed by atoms with Crippen molar-refractivity contribution in [2.24, 2.45) is 0 Å². The summed E-state index contributed by atoms with van der Waals surface area (Å²) in [7, 11) is -4.38. The Labute approximate surface area is 189 Å². The number of rotatable bonds is 4. The van der Waals surface area contributed by atoms with Gasteiger partial charge >= 0.3 is 5.79 Å². The van der Waals surface area contributed by atoms with Crippen LogP contribution in [0.25, 0.3) is 0 Å². The van der Waals surface area contributed by atoms with Crippen LogP contribution in [0, 0.1) is 29.1 Å². The number of halogens is 5. The Kier molecular flexibility index (Phi) is 4.90. The fraction of sp³-hybridized carbons (Fsp3) is 0.0435. The molecule has 0 radical (unpaired) electrons. The molecule has 5 nitrogen and oxygen atoms in total. The quantitative estimate of drug-likeness (QED) is 0.372.